The van der Waals surface area contributed by atoms with E-state index in [-0.39, 0.29) is 42.3 Å². The van der Waals surface area contributed by atoms with E-state index in [1.807, 2.05) is 0 Å². The van der Waals surface area contributed by atoms with Gasteiger partial charge in [-0.2, -0.15) is 8.78 Å². The van der Waals surface area contributed by atoms with E-state index in [9.17, 15) is 23.8 Å². The van der Waals surface area contributed by atoms with E-state index in [1.165, 1.54) is 35.6 Å². The topological polar surface area (TPSA) is 122 Å². The molecule has 4 heterocycles. The lowest BCUT2D eigenvalue weighted by atomic mass is 9.93. The quantitative estimate of drug-likeness (QED) is 0.351. The molecule has 0 radical (unpaired) electrons. The first-order valence-electron chi connectivity index (χ1n) is 13.3. The molecule has 2 unspecified atom stereocenters. The van der Waals surface area contributed by atoms with Gasteiger partial charge in [0.15, 0.2) is 11.4 Å². The van der Waals surface area contributed by atoms with Gasteiger partial charge in [-0.25, -0.2) is 24.1 Å². The molecule has 10 nitrogen and oxygen atoms in total. The molecule has 1 amide bonds. The predicted molar refractivity (Wildman–Crippen MR) is 142 cm³/mol. The standard InChI is InChI=1S/C29H28F3N5O5/c1-28(2,3)42-27(39)36-13-29(40,14-36)25-33-10-15(11-34-25)18-12-37-22(9-19(18)30)35-23-20(38)8-17(24(23)37)16-6-4-5-7-21(16)41-26(31)32/h4-7,9-12,17,20,26,38,40H,8,13-14H2,1-3H3. The fourth-order valence-corrected chi connectivity index (χ4v) is 5.49. The minimum Gasteiger partial charge on any atom is -0.444 e. The number of hydrogen-bond acceptors (Lipinski definition) is 8. The summed E-state index contributed by atoms with van der Waals surface area (Å²) in [5, 5.41) is 21.7. The van der Waals surface area contributed by atoms with Crippen molar-refractivity contribution in [2.24, 2.45) is 0 Å². The Morgan fingerprint density at radius 1 is 1.17 bits per heavy atom. The number of para-hydroxylation sites is 1. The Balaban J connectivity index is 1.30. The lowest BCUT2D eigenvalue weighted by Crippen LogP contribution is -2.62. The molecule has 6 rings (SSSR count). The van der Waals surface area contributed by atoms with Crippen LogP contribution in [0.4, 0.5) is 18.0 Å². The number of carbonyl (C=O) groups is 1. The Hall–Kier alpha value is -4.23. The van der Waals surface area contributed by atoms with Crippen LogP contribution < -0.4 is 4.74 Å². The summed E-state index contributed by atoms with van der Waals surface area (Å²) >= 11 is 0. The van der Waals surface area contributed by atoms with Crippen molar-refractivity contribution in [1.82, 2.24) is 24.3 Å². The third-order valence-electron chi connectivity index (χ3n) is 7.33. The van der Waals surface area contributed by atoms with Gasteiger partial charge < -0.3 is 29.0 Å². The molecule has 3 aromatic heterocycles. The summed E-state index contributed by atoms with van der Waals surface area (Å²) in [6.07, 6.45) is 2.89. The molecule has 0 spiro atoms. The van der Waals surface area contributed by atoms with E-state index in [4.69, 9.17) is 9.47 Å². The van der Waals surface area contributed by atoms with E-state index in [0.717, 1.165) is 0 Å². The summed E-state index contributed by atoms with van der Waals surface area (Å²) in [7, 11) is 0. The summed E-state index contributed by atoms with van der Waals surface area (Å²) in [5.41, 5.74) is -0.160. The highest BCUT2D eigenvalue weighted by Gasteiger charge is 2.48. The number of aliphatic hydroxyl groups excluding tert-OH is 1. The molecule has 1 fully saturated rings. The normalized spacial score (nSPS) is 19.6. The number of halogens is 3. The predicted octanol–water partition coefficient (Wildman–Crippen LogP) is 4.54. The molecule has 2 aliphatic rings. The molecule has 1 saturated heterocycles. The van der Waals surface area contributed by atoms with Crippen LogP contribution in [-0.4, -0.2) is 65.9 Å². The molecule has 2 N–H and O–H groups in total. The van der Waals surface area contributed by atoms with Crippen LogP contribution in [0.25, 0.3) is 16.8 Å². The Morgan fingerprint density at radius 2 is 1.86 bits per heavy atom. The summed E-state index contributed by atoms with van der Waals surface area (Å²) in [5.74, 6) is -1.10. The maximum Gasteiger partial charge on any atom is 0.410 e. The Kier molecular flexibility index (Phi) is 6.61. The minimum absolute atomic E-state index is 0.0158. The number of likely N-dealkylation sites (tertiary alicyclic amines) is 1. The van der Waals surface area contributed by atoms with Gasteiger partial charge in [-0.3, -0.25) is 0 Å². The van der Waals surface area contributed by atoms with E-state index >= 15 is 4.39 Å². The lowest BCUT2D eigenvalue weighted by Gasteiger charge is -2.45. The molecule has 0 saturated carbocycles. The van der Waals surface area contributed by atoms with Gasteiger partial charge in [0.05, 0.1) is 30.6 Å². The molecule has 220 valence electrons. The van der Waals surface area contributed by atoms with E-state index < -0.39 is 41.7 Å². The lowest BCUT2D eigenvalue weighted by molar-refractivity contribution is -0.108. The van der Waals surface area contributed by atoms with Gasteiger partial charge in [0.25, 0.3) is 0 Å². The molecular weight excluding hydrogens is 555 g/mol. The van der Waals surface area contributed by atoms with Crippen LogP contribution in [-0.2, 0) is 10.3 Å². The zero-order valence-electron chi connectivity index (χ0n) is 23.0. The third-order valence-corrected chi connectivity index (χ3v) is 7.33. The van der Waals surface area contributed by atoms with Crippen molar-refractivity contribution < 1.29 is 37.7 Å². The number of benzene rings is 1. The Morgan fingerprint density at radius 3 is 2.52 bits per heavy atom. The number of ether oxygens (including phenoxy) is 2. The highest BCUT2D eigenvalue weighted by atomic mass is 19.3. The van der Waals surface area contributed by atoms with Crippen molar-refractivity contribution in [3.63, 3.8) is 0 Å². The zero-order chi connectivity index (χ0) is 30.0. The number of alkyl halides is 2. The average Bonchev–Trinajstić information content (AvgIpc) is 3.42. The van der Waals surface area contributed by atoms with Crippen molar-refractivity contribution >= 4 is 11.7 Å². The average molecular weight is 584 g/mol. The number of nitrogens with zero attached hydrogens (tertiary/aromatic N) is 5. The van der Waals surface area contributed by atoms with Gasteiger partial charge in [-0.05, 0) is 33.3 Å². The van der Waals surface area contributed by atoms with E-state index in [0.29, 0.717) is 22.5 Å². The maximum absolute atomic E-state index is 15.3. The number of aromatic nitrogens is 4. The second-order valence-electron chi connectivity index (χ2n) is 11.5. The van der Waals surface area contributed by atoms with E-state index in [2.05, 4.69) is 15.0 Å². The first kappa shape index (κ1) is 27.9. The minimum atomic E-state index is -3.03. The summed E-state index contributed by atoms with van der Waals surface area (Å²) in [4.78, 5) is 26.5. The van der Waals surface area contributed by atoms with Crippen LogP contribution in [0.3, 0.4) is 0 Å². The van der Waals surface area contributed by atoms with Crippen LogP contribution in [0.5, 0.6) is 5.75 Å². The van der Waals surface area contributed by atoms with Gasteiger partial charge >= 0.3 is 12.7 Å². The summed E-state index contributed by atoms with van der Waals surface area (Å²) in [6.45, 7) is 2.11. The van der Waals surface area contributed by atoms with Crippen LogP contribution in [0.1, 0.15) is 62.0 Å². The fourth-order valence-electron chi connectivity index (χ4n) is 5.49. The molecule has 13 heteroatoms. The van der Waals surface area contributed by atoms with Crippen molar-refractivity contribution in [3.05, 3.63) is 77.5 Å². The largest absolute Gasteiger partial charge is 0.444 e. The number of pyridine rings is 1. The number of amides is 1. The summed E-state index contributed by atoms with van der Waals surface area (Å²) in [6, 6.07) is 7.56. The molecule has 4 aromatic rings. The first-order valence-corrected chi connectivity index (χ1v) is 13.3. The number of fused-ring (bicyclic) bond motifs is 3. The SMILES string of the molecule is CC(C)(C)OC(=O)N1CC(O)(c2ncc(-c3cn4c5c(nc4cc3F)C(O)CC5c3ccccc3OC(F)F)cn2)C1. The van der Waals surface area contributed by atoms with E-state index in [1.54, 1.807) is 43.4 Å². The van der Waals surface area contributed by atoms with Gasteiger partial charge in [0, 0.05) is 47.3 Å². The van der Waals surface area contributed by atoms with Gasteiger partial charge in [-0.1, -0.05) is 18.2 Å². The van der Waals surface area contributed by atoms with Crippen molar-refractivity contribution in [3.8, 4) is 16.9 Å². The molecule has 1 aliphatic carbocycles. The summed E-state index contributed by atoms with van der Waals surface area (Å²) < 4.78 is 53.2. The van der Waals surface area contributed by atoms with Crippen LogP contribution >= 0.6 is 0 Å². The smallest absolute Gasteiger partial charge is 0.410 e. The fraction of sp³-hybridized carbons (Fsp3) is 0.379. The van der Waals surface area contributed by atoms with Crippen LogP contribution in [0, 0.1) is 5.82 Å². The van der Waals surface area contributed by atoms with Crippen LogP contribution in [0.2, 0.25) is 0 Å². The second-order valence-corrected chi connectivity index (χ2v) is 11.5. The molecule has 2 atom stereocenters. The first-order chi connectivity index (χ1) is 19.8. The Bertz CT molecular complexity index is 1660. The zero-order valence-corrected chi connectivity index (χ0v) is 23.0. The van der Waals surface area contributed by atoms with Crippen molar-refractivity contribution in [1.29, 1.82) is 0 Å². The molecule has 1 aliphatic heterocycles. The number of carbonyl (C=O) groups excluding carboxylic acids is 1. The third kappa shape index (κ3) is 4.92. The number of hydrogen-bond donors (Lipinski definition) is 2. The van der Waals surface area contributed by atoms with Gasteiger partial charge in [0.1, 0.15) is 22.8 Å². The van der Waals surface area contributed by atoms with Crippen molar-refractivity contribution in [2.45, 2.75) is 57.0 Å². The van der Waals surface area contributed by atoms with Gasteiger partial charge in [0.2, 0.25) is 0 Å². The number of imidazole rings is 1. The molecule has 0 bridgehead atoms. The Labute approximate surface area is 238 Å². The number of aliphatic hydroxyl groups is 2. The molecule has 42 heavy (non-hydrogen) atoms. The number of rotatable bonds is 5. The second kappa shape index (κ2) is 9.95. The highest BCUT2D eigenvalue weighted by molar-refractivity contribution is 5.70. The van der Waals surface area contributed by atoms with Crippen LogP contribution in [0.15, 0.2) is 48.9 Å². The molecular formula is C29H28F3N5O5. The highest BCUT2D eigenvalue weighted by Crippen LogP contribution is 2.47. The van der Waals surface area contributed by atoms with Crippen molar-refractivity contribution in [2.75, 3.05) is 13.1 Å². The monoisotopic (exact) mass is 583 g/mol. The van der Waals surface area contributed by atoms with Gasteiger partial charge in [-0.15, -0.1) is 0 Å². The number of β-amino-alcohol motifs (C(OH)–C–C–N with tert-alkyl or cyclic N) is 1. The molecule has 1 aromatic carbocycles. The maximum atomic E-state index is 15.3.